The van der Waals surface area contributed by atoms with Crippen molar-refractivity contribution in [3.05, 3.63) is 91.1 Å². The third-order valence-electron chi connectivity index (χ3n) is 5.44. The van der Waals surface area contributed by atoms with E-state index in [1.165, 1.54) is 27.3 Å². The lowest BCUT2D eigenvalue weighted by Gasteiger charge is -2.46. The van der Waals surface area contributed by atoms with Gasteiger partial charge in [0.1, 0.15) is 5.82 Å². The van der Waals surface area contributed by atoms with Crippen molar-refractivity contribution in [1.82, 2.24) is 4.98 Å². The molecule has 2 aliphatic heterocycles. The molecule has 0 fully saturated rings. The summed E-state index contributed by atoms with van der Waals surface area (Å²) in [5.41, 5.74) is 6.01. The van der Waals surface area contributed by atoms with Gasteiger partial charge in [-0.1, -0.05) is 78.5 Å². The highest BCUT2D eigenvalue weighted by Gasteiger charge is 2.44. The van der Waals surface area contributed by atoms with Gasteiger partial charge in [-0.3, -0.25) is 4.67 Å². The second kappa shape index (κ2) is 5.39. The van der Waals surface area contributed by atoms with Gasteiger partial charge in [0.2, 0.25) is 0 Å². The fourth-order valence-electron chi connectivity index (χ4n) is 4.34. The Labute approximate surface area is 163 Å². The first-order chi connectivity index (χ1) is 13.3. The average molecular weight is 382 g/mol. The lowest BCUT2D eigenvalue weighted by molar-refractivity contribution is 1.24. The molecule has 1 unspecified atom stereocenters. The Hall–Kier alpha value is -2.74. The third kappa shape index (κ3) is 1.86. The van der Waals surface area contributed by atoms with Crippen molar-refractivity contribution in [1.29, 1.82) is 0 Å². The highest BCUT2D eigenvalue weighted by molar-refractivity contribution is 8.23. The molecule has 1 atom stereocenters. The van der Waals surface area contributed by atoms with Crippen LogP contribution in [0, 0.1) is 0 Å². The largest absolute Gasteiger partial charge is 0.289 e. The number of fused-ring (bicyclic) bond motifs is 11. The maximum Gasteiger partial charge on any atom is 0.145 e. The number of benzene rings is 3. The minimum atomic E-state index is -2.26. The monoisotopic (exact) mass is 382 g/mol. The van der Waals surface area contributed by atoms with Crippen LogP contribution < -0.4 is 15.3 Å². The molecular formula is C23H15N2PS. The van der Waals surface area contributed by atoms with Crippen molar-refractivity contribution in [2.45, 2.75) is 0 Å². The number of para-hydroxylation sites is 1. The van der Waals surface area contributed by atoms with Crippen LogP contribution in [-0.2, 0) is 11.8 Å². The molecule has 2 nitrogen and oxygen atoms in total. The fraction of sp³-hybridized carbons (Fsp3) is 0. The van der Waals surface area contributed by atoms with E-state index in [1.54, 1.807) is 0 Å². The molecule has 0 radical (unpaired) electrons. The van der Waals surface area contributed by atoms with Crippen molar-refractivity contribution in [3.8, 4) is 22.3 Å². The highest BCUT2D eigenvalue weighted by Crippen LogP contribution is 2.65. The van der Waals surface area contributed by atoms with E-state index in [9.17, 15) is 0 Å². The Morgan fingerprint density at radius 1 is 0.630 bits per heavy atom. The van der Waals surface area contributed by atoms with Gasteiger partial charge in [0, 0.05) is 27.9 Å². The third-order valence-corrected chi connectivity index (χ3v) is 10.2. The molecule has 6 rings (SSSR count). The van der Waals surface area contributed by atoms with Gasteiger partial charge < -0.3 is 0 Å². The highest BCUT2D eigenvalue weighted by atomic mass is 32.4. The molecule has 4 aromatic rings. The van der Waals surface area contributed by atoms with E-state index in [1.807, 2.05) is 12.3 Å². The van der Waals surface area contributed by atoms with Crippen molar-refractivity contribution in [2.24, 2.45) is 0 Å². The predicted molar refractivity (Wildman–Crippen MR) is 117 cm³/mol. The van der Waals surface area contributed by atoms with Crippen LogP contribution in [0.3, 0.4) is 0 Å². The molecule has 0 aliphatic carbocycles. The van der Waals surface area contributed by atoms with E-state index < -0.39 is 6.19 Å². The number of hydrogen-bond donors (Lipinski definition) is 0. The first-order valence-corrected chi connectivity index (χ1v) is 11.7. The van der Waals surface area contributed by atoms with E-state index in [2.05, 4.69) is 83.5 Å². The van der Waals surface area contributed by atoms with Gasteiger partial charge in [0.15, 0.2) is 0 Å². The Morgan fingerprint density at radius 3 is 1.93 bits per heavy atom. The zero-order valence-corrected chi connectivity index (χ0v) is 16.1. The maximum atomic E-state index is 6.59. The minimum absolute atomic E-state index is 0.974. The second-order valence-corrected chi connectivity index (χ2v) is 10.9. The fourth-order valence-corrected chi connectivity index (χ4v) is 9.00. The van der Waals surface area contributed by atoms with E-state index in [0.29, 0.717) is 0 Å². The van der Waals surface area contributed by atoms with Crippen LogP contribution >= 0.6 is 6.19 Å². The average Bonchev–Trinajstić information content (AvgIpc) is 2.74. The number of anilines is 2. The molecule has 0 saturated carbocycles. The summed E-state index contributed by atoms with van der Waals surface area (Å²) in [6.45, 7) is 0. The molecule has 27 heavy (non-hydrogen) atoms. The van der Waals surface area contributed by atoms with Crippen LogP contribution in [0.15, 0.2) is 91.1 Å². The van der Waals surface area contributed by atoms with Crippen molar-refractivity contribution in [2.75, 3.05) is 4.67 Å². The van der Waals surface area contributed by atoms with Gasteiger partial charge in [-0.05, 0) is 29.3 Å². The number of rotatable bonds is 0. The zero-order chi connectivity index (χ0) is 18.0. The van der Waals surface area contributed by atoms with Crippen LogP contribution in [0.1, 0.15) is 0 Å². The van der Waals surface area contributed by atoms with Crippen molar-refractivity contribution in [3.63, 3.8) is 0 Å². The van der Waals surface area contributed by atoms with E-state index in [-0.39, 0.29) is 0 Å². The van der Waals surface area contributed by atoms with Gasteiger partial charge in [-0.15, -0.1) is 0 Å². The normalized spacial score (nSPS) is 18.6. The molecule has 3 heterocycles. The molecule has 0 N–H and O–H groups in total. The lowest BCUT2D eigenvalue weighted by Crippen LogP contribution is -2.37. The van der Waals surface area contributed by atoms with Crippen LogP contribution in [-0.4, -0.2) is 4.98 Å². The standard InChI is InChI=1S/C23H15N2PS/c27-26-21-13-5-2-9-17(21)16-8-1-4-12-20(16)25(26)23-19(11-7-15-24-23)18-10-3-6-14-22(18)26/h1-15H. The molecule has 1 aromatic heterocycles. The Balaban J connectivity index is 1.84. The van der Waals surface area contributed by atoms with Gasteiger partial charge in [-0.25, -0.2) is 4.98 Å². The predicted octanol–water partition coefficient (Wildman–Crippen LogP) is 5.23. The van der Waals surface area contributed by atoms with Crippen molar-refractivity contribution >= 4 is 40.1 Å². The SMILES string of the molecule is S=P12c3ccccc3-c3ccccc3N1c1ncccc1-c1ccccc12. The van der Waals surface area contributed by atoms with Gasteiger partial charge in [-0.2, -0.15) is 0 Å². The van der Waals surface area contributed by atoms with E-state index in [4.69, 9.17) is 16.8 Å². The summed E-state index contributed by atoms with van der Waals surface area (Å²) in [5.74, 6) is 0.974. The van der Waals surface area contributed by atoms with Gasteiger partial charge >= 0.3 is 0 Å². The van der Waals surface area contributed by atoms with Crippen LogP contribution in [0.5, 0.6) is 0 Å². The Kier molecular flexibility index (Phi) is 3.06. The minimum Gasteiger partial charge on any atom is -0.289 e. The zero-order valence-electron chi connectivity index (χ0n) is 14.4. The topological polar surface area (TPSA) is 16.1 Å². The number of hydrogen-bond acceptors (Lipinski definition) is 2. The molecule has 2 aliphatic rings. The van der Waals surface area contributed by atoms with Crippen LogP contribution in [0.25, 0.3) is 22.3 Å². The summed E-state index contributed by atoms with van der Waals surface area (Å²) in [6, 6.07) is 30.0. The number of nitrogens with zero attached hydrogens (tertiary/aromatic N) is 2. The second-order valence-electron chi connectivity index (χ2n) is 6.81. The summed E-state index contributed by atoms with van der Waals surface area (Å²) < 4.78 is 2.36. The number of aromatic nitrogens is 1. The molecule has 0 bridgehead atoms. The molecular weight excluding hydrogens is 367 g/mol. The van der Waals surface area contributed by atoms with E-state index in [0.717, 1.165) is 17.1 Å². The lowest BCUT2D eigenvalue weighted by atomic mass is 10.0. The summed E-state index contributed by atoms with van der Waals surface area (Å²) in [5, 5.41) is 2.50. The molecule has 0 saturated heterocycles. The summed E-state index contributed by atoms with van der Waals surface area (Å²) in [6.07, 6.45) is -0.388. The first kappa shape index (κ1) is 15.3. The van der Waals surface area contributed by atoms with Crippen LogP contribution in [0.4, 0.5) is 11.5 Å². The quantitative estimate of drug-likeness (QED) is 0.388. The first-order valence-electron chi connectivity index (χ1n) is 8.95. The molecule has 0 spiro atoms. The van der Waals surface area contributed by atoms with Gasteiger partial charge in [0.25, 0.3) is 0 Å². The molecule has 4 heteroatoms. The smallest absolute Gasteiger partial charge is 0.145 e. The summed E-state index contributed by atoms with van der Waals surface area (Å²) >= 11 is 6.59. The van der Waals surface area contributed by atoms with Gasteiger partial charge in [0.05, 0.1) is 11.9 Å². The molecule has 128 valence electrons. The molecule has 0 amide bonds. The van der Waals surface area contributed by atoms with E-state index >= 15 is 0 Å². The summed E-state index contributed by atoms with van der Waals surface area (Å²) in [4.78, 5) is 4.81. The maximum absolute atomic E-state index is 6.59. The molecule has 3 aromatic carbocycles. The van der Waals surface area contributed by atoms with Crippen molar-refractivity contribution < 1.29 is 0 Å². The number of pyridine rings is 1. The van der Waals surface area contributed by atoms with Crippen LogP contribution in [0.2, 0.25) is 0 Å². The summed E-state index contributed by atoms with van der Waals surface area (Å²) in [7, 11) is 0. The Bertz CT molecular complexity index is 1190. The Morgan fingerprint density at radius 2 is 1.19 bits per heavy atom.